The van der Waals surface area contributed by atoms with Crippen LogP contribution in [0.4, 0.5) is 0 Å². The van der Waals surface area contributed by atoms with Gasteiger partial charge in [0.15, 0.2) is 0 Å². The van der Waals surface area contributed by atoms with Gasteiger partial charge < -0.3 is 26.2 Å². The van der Waals surface area contributed by atoms with Crippen molar-refractivity contribution >= 4 is 0 Å². The summed E-state index contributed by atoms with van der Waals surface area (Å²) in [7, 11) is 0. The standard InChI is InChI=1S/C13H29NO4/c1-3-4-11(16)6-10(14)7-13(18)8-12(17)5-9(2)15/h9-13,15-18H,3-8,14H2,1-2H3. The van der Waals surface area contributed by atoms with Gasteiger partial charge in [-0.1, -0.05) is 13.3 Å². The van der Waals surface area contributed by atoms with Crippen molar-refractivity contribution < 1.29 is 20.4 Å². The molecule has 0 radical (unpaired) electrons. The molecule has 0 fully saturated rings. The quantitative estimate of drug-likeness (QED) is 0.385. The van der Waals surface area contributed by atoms with Crippen LogP contribution in [0, 0.1) is 0 Å². The number of aliphatic hydroxyl groups is 4. The van der Waals surface area contributed by atoms with Gasteiger partial charge in [0.25, 0.3) is 0 Å². The molecule has 0 aliphatic carbocycles. The highest BCUT2D eigenvalue weighted by molar-refractivity contribution is 4.74. The zero-order chi connectivity index (χ0) is 14.1. The fourth-order valence-corrected chi connectivity index (χ4v) is 2.15. The zero-order valence-corrected chi connectivity index (χ0v) is 11.5. The molecule has 0 aliphatic rings. The third-order valence-electron chi connectivity index (χ3n) is 2.93. The summed E-state index contributed by atoms with van der Waals surface area (Å²) in [6, 6.07) is -0.264. The monoisotopic (exact) mass is 263 g/mol. The summed E-state index contributed by atoms with van der Waals surface area (Å²) < 4.78 is 0. The minimum Gasteiger partial charge on any atom is -0.393 e. The lowest BCUT2D eigenvalue weighted by Crippen LogP contribution is -2.32. The number of rotatable bonds is 10. The lowest BCUT2D eigenvalue weighted by atomic mass is 9.97. The van der Waals surface area contributed by atoms with E-state index in [1.807, 2.05) is 6.92 Å². The van der Waals surface area contributed by atoms with E-state index in [-0.39, 0.29) is 18.9 Å². The summed E-state index contributed by atoms with van der Waals surface area (Å²) in [6.07, 6.45) is 0.516. The van der Waals surface area contributed by atoms with Gasteiger partial charge in [0.2, 0.25) is 0 Å². The van der Waals surface area contributed by atoms with E-state index in [0.29, 0.717) is 19.3 Å². The Balaban J connectivity index is 3.82. The van der Waals surface area contributed by atoms with E-state index >= 15 is 0 Å². The van der Waals surface area contributed by atoms with Gasteiger partial charge in [0.1, 0.15) is 0 Å². The summed E-state index contributed by atoms with van der Waals surface area (Å²) in [6.45, 7) is 3.60. The lowest BCUT2D eigenvalue weighted by Gasteiger charge is -2.21. The van der Waals surface area contributed by atoms with Crippen LogP contribution in [0.5, 0.6) is 0 Å². The molecule has 0 rings (SSSR count). The van der Waals surface area contributed by atoms with Crippen LogP contribution >= 0.6 is 0 Å². The second kappa shape index (κ2) is 9.69. The van der Waals surface area contributed by atoms with Crippen LogP contribution in [-0.4, -0.2) is 50.9 Å². The summed E-state index contributed by atoms with van der Waals surface area (Å²) in [5.74, 6) is 0. The maximum absolute atomic E-state index is 9.74. The van der Waals surface area contributed by atoms with Crippen molar-refractivity contribution in [2.24, 2.45) is 5.73 Å². The first-order valence-electron chi connectivity index (χ1n) is 6.82. The van der Waals surface area contributed by atoms with E-state index in [9.17, 15) is 15.3 Å². The van der Waals surface area contributed by atoms with E-state index < -0.39 is 24.4 Å². The first kappa shape index (κ1) is 17.8. The van der Waals surface area contributed by atoms with Crippen molar-refractivity contribution in [3.63, 3.8) is 0 Å². The molecule has 0 amide bonds. The van der Waals surface area contributed by atoms with E-state index in [0.717, 1.165) is 6.42 Å². The highest BCUT2D eigenvalue weighted by atomic mass is 16.3. The predicted octanol–water partition coefficient (Wildman–Crippen LogP) is 0.138. The topological polar surface area (TPSA) is 107 Å². The maximum atomic E-state index is 9.74. The Labute approximate surface area is 110 Å². The van der Waals surface area contributed by atoms with Crippen molar-refractivity contribution in [3.05, 3.63) is 0 Å². The molecule has 5 atom stereocenters. The second-order valence-corrected chi connectivity index (χ2v) is 5.30. The van der Waals surface area contributed by atoms with Crippen LogP contribution in [0.2, 0.25) is 0 Å². The van der Waals surface area contributed by atoms with Gasteiger partial charge in [-0.05, 0) is 39.0 Å². The van der Waals surface area contributed by atoms with Gasteiger partial charge in [-0.15, -0.1) is 0 Å². The molecule has 0 saturated carbocycles. The highest BCUT2D eigenvalue weighted by Crippen LogP contribution is 2.13. The van der Waals surface area contributed by atoms with Crippen molar-refractivity contribution in [3.8, 4) is 0 Å². The Morgan fingerprint density at radius 3 is 1.83 bits per heavy atom. The molecule has 0 aromatic carbocycles. The SMILES string of the molecule is CCCC(O)CC(N)CC(O)CC(O)CC(C)O. The average Bonchev–Trinajstić information content (AvgIpc) is 2.14. The molecule has 110 valence electrons. The molecular weight excluding hydrogens is 234 g/mol. The average molecular weight is 263 g/mol. The summed E-state index contributed by atoms with van der Waals surface area (Å²) in [4.78, 5) is 0. The first-order chi connectivity index (χ1) is 8.35. The van der Waals surface area contributed by atoms with E-state index in [1.54, 1.807) is 6.92 Å². The van der Waals surface area contributed by atoms with Crippen LogP contribution in [0.3, 0.4) is 0 Å². The fraction of sp³-hybridized carbons (Fsp3) is 1.00. The smallest absolute Gasteiger partial charge is 0.0589 e. The molecule has 0 aromatic heterocycles. The molecule has 18 heavy (non-hydrogen) atoms. The van der Waals surface area contributed by atoms with E-state index in [1.165, 1.54) is 0 Å². The Morgan fingerprint density at radius 1 is 0.833 bits per heavy atom. The van der Waals surface area contributed by atoms with Crippen LogP contribution in [0.25, 0.3) is 0 Å². The van der Waals surface area contributed by atoms with Gasteiger partial charge in [0, 0.05) is 6.04 Å². The van der Waals surface area contributed by atoms with E-state index in [2.05, 4.69) is 0 Å². The molecule has 5 heteroatoms. The highest BCUT2D eigenvalue weighted by Gasteiger charge is 2.18. The summed E-state index contributed by atoms with van der Waals surface area (Å²) >= 11 is 0. The van der Waals surface area contributed by atoms with Crippen LogP contribution in [0.15, 0.2) is 0 Å². The Bertz CT molecular complexity index is 201. The minimum absolute atomic E-state index is 0.211. The van der Waals surface area contributed by atoms with Crippen molar-refractivity contribution in [2.45, 2.75) is 82.8 Å². The Kier molecular flexibility index (Phi) is 9.59. The van der Waals surface area contributed by atoms with Crippen LogP contribution in [0.1, 0.15) is 52.4 Å². The van der Waals surface area contributed by atoms with Crippen molar-refractivity contribution in [1.82, 2.24) is 0 Å². The molecule has 6 N–H and O–H groups in total. The first-order valence-corrected chi connectivity index (χ1v) is 6.82. The van der Waals surface area contributed by atoms with Crippen LogP contribution in [-0.2, 0) is 0 Å². The van der Waals surface area contributed by atoms with E-state index in [4.69, 9.17) is 10.8 Å². The number of hydrogen-bond donors (Lipinski definition) is 5. The normalized spacial score (nSPS) is 20.2. The molecular formula is C13H29NO4. The Morgan fingerprint density at radius 2 is 1.33 bits per heavy atom. The molecule has 5 unspecified atom stereocenters. The molecule has 0 aromatic rings. The lowest BCUT2D eigenvalue weighted by molar-refractivity contribution is 0.0375. The van der Waals surface area contributed by atoms with Crippen LogP contribution < -0.4 is 5.73 Å². The molecule has 0 heterocycles. The third-order valence-corrected chi connectivity index (χ3v) is 2.93. The molecule has 0 spiro atoms. The van der Waals surface area contributed by atoms with Gasteiger partial charge in [-0.25, -0.2) is 0 Å². The van der Waals surface area contributed by atoms with Crippen molar-refractivity contribution in [1.29, 1.82) is 0 Å². The second-order valence-electron chi connectivity index (χ2n) is 5.30. The minimum atomic E-state index is -0.715. The van der Waals surface area contributed by atoms with Gasteiger partial charge in [0.05, 0.1) is 24.4 Å². The predicted molar refractivity (Wildman–Crippen MR) is 71.1 cm³/mol. The van der Waals surface area contributed by atoms with Gasteiger partial charge >= 0.3 is 0 Å². The molecule has 5 nitrogen and oxygen atoms in total. The molecule has 0 aliphatic heterocycles. The molecule has 0 saturated heterocycles. The third kappa shape index (κ3) is 9.79. The number of hydrogen-bond acceptors (Lipinski definition) is 5. The zero-order valence-electron chi connectivity index (χ0n) is 11.5. The van der Waals surface area contributed by atoms with Gasteiger partial charge in [-0.3, -0.25) is 0 Å². The summed E-state index contributed by atoms with van der Waals surface area (Å²) in [5.41, 5.74) is 5.83. The van der Waals surface area contributed by atoms with Crippen molar-refractivity contribution in [2.75, 3.05) is 0 Å². The largest absolute Gasteiger partial charge is 0.393 e. The fourth-order valence-electron chi connectivity index (χ4n) is 2.15. The number of aliphatic hydroxyl groups excluding tert-OH is 4. The number of nitrogens with two attached hydrogens (primary N) is 1. The summed E-state index contributed by atoms with van der Waals surface area (Å²) in [5, 5.41) is 38.0. The van der Waals surface area contributed by atoms with Gasteiger partial charge in [-0.2, -0.15) is 0 Å². The Hall–Kier alpha value is -0.200. The maximum Gasteiger partial charge on any atom is 0.0589 e. The molecule has 0 bridgehead atoms.